The number of thiophene rings is 1. The Bertz CT molecular complexity index is 1770. The van der Waals surface area contributed by atoms with Crippen LogP contribution < -0.4 is 24.4 Å². The molecule has 1 aliphatic heterocycles. The van der Waals surface area contributed by atoms with Gasteiger partial charge in [0.15, 0.2) is 16.3 Å². The molecule has 0 fully saturated rings. The first-order chi connectivity index (χ1) is 19.5. The maximum Gasteiger partial charge on any atom is 0.338 e. The molecule has 2 aromatic carbocycles. The number of esters is 1. The maximum atomic E-state index is 14.0. The minimum atomic E-state index is -0.694. The molecule has 0 bridgehead atoms. The van der Waals surface area contributed by atoms with Gasteiger partial charge in [0.25, 0.3) is 5.56 Å². The van der Waals surface area contributed by atoms with Crippen molar-refractivity contribution in [1.82, 2.24) is 4.57 Å². The number of rotatable bonds is 9. The van der Waals surface area contributed by atoms with Gasteiger partial charge in [-0.05, 0) is 42.1 Å². The first-order valence-corrected chi connectivity index (χ1v) is 14.5. The fourth-order valence-electron chi connectivity index (χ4n) is 4.41. The van der Waals surface area contributed by atoms with Crippen molar-refractivity contribution in [2.24, 2.45) is 4.99 Å². The highest BCUT2D eigenvalue weighted by atomic mass is 35.5. The Morgan fingerprint density at radius 2 is 2.00 bits per heavy atom. The van der Waals surface area contributed by atoms with Crippen molar-refractivity contribution in [3.8, 4) is 11.5 Å². The third-order valence-electron chi connectivity index (χ3n) is 6.08. The van der Waals surface area contributed by atoms with Gasteiger partial charge in [-0.1, -0.05) is 72.0 Å². The van der Waals surface area contributed by atoms with E-state index >= 15 is 0 Å². The van der Waals surface area contributed by atoms with Crippen molar-refractivity contribution in [2.45, 2.75) is 13.0 Å². The fourth-order valence-corrected chi connectivity index (χ4v) is 6.51. The second-order valence-corrected chi connectivity index (χ2v) is 11.0. The average molecular weight is 593 g/mol. The number of thiazole rings is 1. The summed E-state index contributed by atoms with van der Waals surface area (Å²) in [6.07, 6.45) is 3.35. The second kappa shape index (κ2) is 12.1. The van der Waals surface area contributed by atoms with Gasteiger partial charge >= 0.3 is 5.97 Å². The van der Waals surface area contributed by atoms with Crippen molar-refractivity contribution < 1.29 is 19.0 Å². The van der Waals surface area contributed by atoms with E-state index in [9.17, 15) is 9.59 Å². The smallest absolute Gasteiger partial charge is 0.338 e. The minimum Gasteiger partial charge on any atom is -0.493 e. The van der Waals surface area contributed by atoms with E-state index in [1.54, 1.807) is 35.8 Å². The third-order valence-corrected chi connectivity index (χ3v) is 8.27. The predicted molar refractivity (Wildman–Crippen MR) is 159 cm³/mol. The van der Waals surface area contributed by atoms with Crippen LogP contribution in [0.2, 0.25) is 5.02 Å². The summed E-state index contributed by atoms with van der Waals surface area (Å²) in [7, 11) is 1.52. The van der Waals surface area contributed by atoms with Crippen LogP contribution in [0.5, 0.6) is 11.5 Å². The molecule has 0 unspecified atom stereocenters. The van der Waals surface area contributed by atoms with E-state index in [1.807, 2.05) is 47.8 Å². The van der Waals surface area contributed by atoms with Gasteiger partial charge in [0.2, 0.25) is 0 Å². The summed E-state index contributed by atoms with van der Waals surface area (Å²) in [6.45, 7) is 5.88. The van der Waals surface area contributed by atoms with Crippen LogP contribution in [0.1, 0.15) is 29.0 Å². The number of carbonyl (C=O) groups excluding carboxylic acids is 1. The van der Waals surface area contributed by atoms with Gasteiger partial charge < -0.3 is 14.2 Å². The highest BCUT2D eigenvalue weighted by Gasteiger charge is 2.35. The standard InChI is InChI=1S/C30H25ClN2O5S2/c1-4-13-38-27-20(31)15-18(16-21(27)36-3)17-23-28(34)33-26(22-12-9-14-39-22)24(29(35)37-5-2)25(32-30(33)40-23)19-10-7-6-8-11-19/h4,6-12,14-17,26H,1,5,13H2,2-3H3/b23-17-/t26-/m1/s1. The van der Waals surface area contributed by atoms with E-state index in [-0.39, 0.29) is 18.8 Å². The molecule has 7 nitrogen and oxygen atoms in total. The molecule has 0 aliphatic carbocycles. The van der Waals surface area contributed by atoms with E-state index in [4.69, 9.17) is 30.8 Å². The minimum absolute atomic E-state index is 0.196. The normalized spacial score (nSPS) is 14.9. The molecule has 0 N–H and O–H groups in total. The summed E-state index contributed by atoms with van der Waals surface area (Å²) in [6, 6.07) is 16.0. The number of fused-ring (bicyclic) bond motifs is 1. The number of carbonyl (C=O) groups is 1. The van der Waals surface area contributed by atoms with Crippen LogP contribution in [-0.2, 0) is 9.53 Å². The molecule has 4 aromatic rings. The zero-order chi connectivity index (χ0) is 28.2. The van der Waals surface area contributed by atoms with Gasteiger partial charge in [-0.2, -0.15) is 0 Å². The Balaban J connectivity index is 1.74. The predicted octanol–water partition coefficient (Wildman–Crippen LogP) is 5.22. The maximum absolute atomic E-state index is 14.0. The lowest BCUT2D eigenvalue weighted by molar-refractivity contribution is -0.138. The van der Waals surface area contributed by atoms with E-state index in [0.29, 0.717) is 42.7 Å². The van der Waals surface area contributed by atoms with Crippen molar-refractivity contribution in [3.63, 3.8) is 0 Å². The number of nitrogens with zero attached hydrogens (tertiary/aromatic N) is 2. The molecule has 2 aromatic heterocycles. The molecular weight excluding hydrogens is 568 g/mol. The number of hydrogen-bond donors (Lipinski definition) is 0. The highest BCUT2D eigenvalue weighted by molar-refractivity contribution is 7.10. The summed E-state index contributed by atoms with van der Waals surface area (Å²) in [5.41, 5.74) is 1.94. The Morgan fingerprint density at radius 1 is 1.20 bits per heavy atom. The molecule has 0 saturated carbocycles. The van der Waals surface area contributed by atoms with Crippen molar-refractivity contribution in [3.05, 3.63) is 119 Å². The Hall–Kier alpha value is -3.92. The lowest BCUT2D eigenvalue weighted by Crippen LogP contribution is -2.39. The van der Waals surface area contributed by atoms with Crippen LogP contribution in [0.4, 0.5) is 0 Å². The Labute approximate surface area is 243 Å². The van der Waals surface area contributed by atoms with Crippen LogP contribution in [0.25, 0.3) is 11.8 Å². The molecular formula is C30H25ClN2O5S2. The van der Waals surface area contributed by atoms with Crippen LogP contribution in [0, 0.1) is 0 Å². The first kappa shape index (κ1) is 27.6. The number of aromatic nitrogens is 1. The van der Waals surface area contributed by atoms with Crippen LogP contribution >= 0.6 is 34.3 Å². The van der Waals surface area contributed by atoms with Crippen molar-refractivity contribution in [1.29, 1.82) is 0 Å². The topological polar surface area (TPSA) is 79.1 Å². The van der Waals surface area contributed by atoms with E-state index in [0.717, 1.165) is 10.4 Å². The van der Waals surface area contributed by atoms with Crippen LogP contribution in [0.3, 0.4) is 0 Å². The van der Waals surface area contributed by atoms with E-state index in [1.165, 1.54) is 29.8 Å². The van der Waals surface area contributed by atoms with Gasteiger partial charge in [0.1, 0.15) is 12.6 Å². The molecule has 0 spiro atoms. The third kappa shape index (κ3) is 5.28. The summed E-state index contributed by atoms with van der Waals surface area (Å²) < 4.78 is 18.6. The zero-order valence-corrected chi connectivity index (χ0v) is 24.1. The van der Waals surface area contributed by atoms with E-state index < -0.39 is 12.0 Å². The van der Waals surface area contributed by atoms with Gasteiger partial charge in [-0.25, -0.2) is 9.79 Å². The number of ether oxygens (including phenoxy) is 3. The first-order valence-electron chi connectivity index (χ1n) is 12.4. The molecule has 3 heterocycles. The lowest BCUT2D eigenvalue weighted by atomic mass is 9.97. The van der Waals surface area contributed by atoms with Crippen LogP contribution in [-0.4, -0.2) is 30.9 Å². The molecule has 10 heteroatoms. The Kier molecular flexibility index (Phi) is 8.35. The summed E-state index contributed by atoms with van der Waals surface area (Å²) >= 11 is 9.20. The number of halogens is 1. The number of benzene rings is 2. The quantitative estimate of drug-likeness (QED) is 0.197. The highest BCUT2D eigenvalue weighted by Crippen LogP contribution is 2.38. The number of hydrogen-bond acceptors (Lipinski definition) is 8. The molecule has 0 radical (unpaired) electrons. The summed E-state index contributed by atoms with van der Waals surface area (Å²) in [4.78, 5) is 33.5. The van der Waals surface area contributed by atoms with E-state index in [2.05, 4.69) is 6.58 Å². The van der Waals surface area contributed by atoms with Gasteiger partial charge in [-0.3, -0.25) is 9.36 Å². The molecule has 40 heavy (non-hydrogen) atoms. The monoisotopic (exact) mass is 592 g/mol. The summed E-state index contributed by atoms with van der Waals surface area (Å²) in [5, 5.41) is 2.26. The van der Waals surface area contributed by atoms with Crippen molar-refractivity contribution in [2.75, 3.05) is 20.3 Å². The number of methoxy groups -OCH3 is 1. The van der Waals surface area contributed by atoms with Gasteiger partial charge in [0.05, 0.1) is 34.5 Å². The second-order valence-electron chi connectivity index (χ2n) is 8.58. The SMILES string of the molecule is C=CCOc1c(Cl)cc(/C=c2\sc3n(c2=O)[C@H](c2cccs2)C(C(=O)OCC)=C(c2ccccc2)N=3)cc1OC. The van der Waals surface area contributed by atoms with Crippen LogP contribution in [0.15, 0.2) is 88.0 Å². The molecule has 204 valence electrons. The largest absolute Gasteiger partial charge is 0.493 e. The molecule has 1 atom stereocenters. The van der Waals surface area contributed by atoms with Crippen molar-refractivity contribution >= 4 is 52.0 Å². The fraction of sp³-hybridized carbons (Fsp3) is 0.167. The average Bonchev–Trinajstić information content (AvgIpc) is 3.60. The Morgan fingerprint density at radius 3 is 2.67 bits per heavy atom. The summed E-state index contributed by atoms with van der Waals surface area (Å²) in [5.74, 6) is 0.317. The molecule has 0 saturated heterocycles. The lowest BCUT2D eigenvalue weighted by Gasteiger charge is -2.24. The van der Waals surface area contributed by atoms with Gasteiger partial charge in [0, 0.05) is 10.4 Å². The van der Waals surface area contributed by atoms with Gasteiger partial charge in [-0.15, -0.1) is 11.3 Å². The zero-order valence-electron chi connectivity index (χ0n) is 21.8. The molecule has 0 amide bonds. The molecule has 1 aliphatic rings. The molecule has 5 rings (SSSR count).